The van der Waals surface area contributed by atoms with Crippen molar-refractivity contribution in [2.45, 2.75) is 37.8 Å². The van der Waals surface area contributed by atoms with E-state index in [0.717, 1.165) is 21.7 Å². The molecule has 0 aliphatic heterocycles. The fourth-order valence-corrected chi connectivity index (χ4v) is 4.50. The predicted molar refractivity (Wildman–Crippen MR) is 94.7 cm³/mol. The number of halogens is 3. The average molecular weight is 381 g/mol. The Balaban J connectivity index is 2.31. The van der Waals surface area contributed by atoms with Crippen molar-refractivity contribution in [3.8, 4) is 0 Å². The molecular weight excluding hydrogens is 363 g/mol. The van der Waals surface area contributed by atoms with Crippen LogP contribution in [0.1, 0.15) is 30.2 Å². The van der Waals surface area contributed by atoms with Crippen molar-refractivity contribution >= 4 is 20.9 Å². The zero-order valence-electron chi connectivity index (χ0n) is 14.3. The van der Waals surface area contributed by atoms with Crippen molar-refractivity contribution in [2.75, 3.05) is 0 Å². The van der Waals surface area contributed by atoms with Gasteiger partial charge in [0.25, 0.3) is 10.0 Å². The number of aryl methyl sites for hydroxylation is 2. The number of benzene rings is 2. The number of fused-ring (bicyclic) bond motifs is 1. The van der Waals surface area contributed by atoms with Gasteiger partial charge in [0.05, 0.1) is 16.0 Å². The first-order chi connectivity index (χ1) is 12.1. The molecule has 0 saturated heterocycles. The lowest BCUT2D eigenvalue weighted by Gasteiger charge is -2.13. The highest BCUT2D eigenvalue weighted by atomic mass is 32.2. The summed E-state index contributed by atoms with van der Waals surface area (Å²) in [5.74, 6) is 0. The molecule has 0 N–H and O–H groups in total. The number of nitrogens with zero attached hydrogens (tertiary/aromatic N) is 1. The molecule has 138 valence electrons. The Bertz CT molecular complexity index is 1050. The Kier molecular flexibility index (Phi) is 4.60. The molecular formula is C19H18F3NO2S. The van der Waals surface area contributed by atoms with Gasteiger partial charge in [-0.25, -0.2) is 12.4 Å². The van der Waals surface area contributed by atoms with Crippen LogP contribution in [0, 0.1) is 6.92 Å². The predicted octanol–water partition coefficient (Wildman–Crippen LogP) is 5.16. The minimum Gasteiger partial charge on any atom is -0.238 e. The van der Waals surface area contributed by atoms with E-state index >= 15 is 0 Å². The summed E-state index contributed by atoms with van der Waals surface area (Å²) in [6, 6.07) is 11.1. The fourth-order valence-electron chi connectivity index (χ4n) is 2.94. The van der Waals surface area contributed by atoms with E-state index in [4.69, 9.17) is 0 Å². The summed E-state index contributed by atoms with van der Waals surface area (Å²) in [4.78, 5) is 0.0513. The Morgan fingerprint density at radius 3 is 2.23 bits per heavy atom. The van der Waals surface area contributed by atoms with E-state index in [2.05, 4.69) is 0 Å². The molecule has 0 spiro atoms. The van der Waals surface area contributed by atoms with Crippen molar-refractivity contribution in [3.05, 3.63) is 65.4 Å². The molecule has 0 atom stereocenters. The Hall–Kier alpha value is -2.28. The number of hydrogen-bond acceptors (Lipinski definition) is 2. The molecule has 0 radical (unpaired) electrons. The number of alkyl halides is 3. The van der Waals surface area contributed by atoms with Gasteiger partial charge >= 0.3 is 6.18 Å². The molecule has 7 heteroatoms. The third-order valence-electron chi connectivity index (χ3n) is 4.22. The molecule has 2 aromatic carbocycles. The van der Waals surface area contributed by atoms with Gasteiger partial charge in [-0.3, -0.25) is 0 Å². The van der Waals surface area contributed by atoms with Gasteiger partial charge < -0.3 is 0 Å². The Labute approximate surface area is 150 Å². The van der Waals surface area contributed by atoms with Crippen molar-refractivity contribution in [3.63, 3.8) is 0 Å². The van der Waals surface area contributed by atoms with E-state index in [0.29, 0.717) is 23.9 Å². The van der Waals surface area contributed by atoms with Gasteiger partial charge in [-0.2, -0.15) is 13.2 Å². The minimum atomic E-state index is -4.54. The lowest BCUT2D eigenvalue weighted by Crippen LogP contribution is -2.16. The second-order valence-electron chi connectivity index (χ2n) is 6.24. The van der Waals surface area contributed by atoms with Gasteiger partial charge in [0.1, 0.15) is 0 Å². The van der Waals surface area contributed by atoms with Crippen LogP contribution in [0.5, 0.6) is 0 Å². The summed E-state index contributed by atoms with van der Waals surface area (Å²) in [5.41, 5.74) is 0.548. The topological polar surface area (TPSA) is 39.1 Å². The summed E-state index contributed by atoms with van der Waals surface area (Å²) < 4.78 is 66.7. The maximum atomic E-state index is 13.2. The molecule has 0 saturated carbocycles. The summed E-state index contributed by atoms with van der Waals surface area (Å²) in [6.07, 6.45) is -3.42. The van der Waals surface area contributed by atoms with E-state index in [1.807, 2.05) is 13.8 Å². The van der Waals surface area contributed by atoms with Crippen molar-refractivity contribution in [1.82, 2.24) is 3.97 Å². The molecule has 1 heterocycles. The molecule has 0 aliphatic rings. The highest BCUT2D eigenvalue weighted by Crippen LogP contribution is 2.34. The maximum absolute atomic E-state index is 13.2. The molecule has 26 heavy (non-hydrogen) atoms. The zero-order chi connectivity index (χ0) is 19.1. The van der Waals surface area contributed by atoms with Gasteiger partial charge in [0.15, 0.2) is 0 Å². The van der Waals surface area contributed by atoms with E-state index in [9.17, 15) is 21.6 Å². The third kappa shape index (κ3) is 3.23. The number of aromatic nitrogens is 1. The maximum Gasteiger partial charge on any atom is 0.416 e. The normalized spacial score (nSPS) is 12.7. The van der Waals surface area contributed by atoms with Gasteiger partial charge in [0, 0.05) is 11.1 Å². The average Bonchev–Trinajstić information content (AvgIpc) is 2.92. The fraction of sp³-hybridized carbons (Fsp3) is 0.263. The molecule has 0 bridgehead atoms. The summed E-state index contributed by atoms with van der Waals surface area (Å²) in [6.45, 7) is 3.72. The molecule has 0 unspecified atom stereocenters. The highest BCUT2D eigenvalue weighted by molar-refractivity contribution is 7.90. The summed E-state index contributed by atoms with van der Waals surface area (Å²) in [7, 11) is -4.00. The third-order valence-corrected chi connectivity index (χ3v) is 6.00. The molecule has 3 nitrogen and oxygen atoms in total. The van der Waals surface area contributed by atoms with Crippen LogP contribution in [0.3, 0.4) is 0 Å². The van der Waals surface area contributed by atoms with Gasteiger partial charge in [0.2, 0.25) is 0 Å². The van der Waals surface area contributed by atoms with Gasteiger partial charge in [-0.1, -0.05) is 37.1 Å². The second-order valence-corrected chi connectivity index (χ2v) is 8.03. The van der Waals surface area contributed by atoms with Crippen LogP contribution in [-0.4, -0.2) is 12.4 Å². The van der Waals surface area contributed by atoms with E-state index in [-0.39, 0.29) is 10.4 Å². The molecule has 0 amide bonds. The second kappa shape index (κ2) is 6.46. The largest absolute Gasteiger partial charge is 0.416 e. The number of hydrogen-bond donors (Lipinski definition) is 0. The lowest BCUT2D eigenvalue weighted by atomic mass is 10.1. The van der Waals surface area contributed by atoms with Crippen molar-refractivity contribution < 1.29 is 21.6 Å². The van der Waals surface area contributed by atoms with Crippen LogP contribution < -0.4 is 0 Å². The monoisotopic (exact) mass is 381 g/mol. The smallest absolute Gasteiger partial charge is 0.238 e. The quantitative estimate of drug-likeness (QED) is 0.626. The van der Waals surface area contributed by atoms with Crippen LogP contribution in [0.2, 0.25) is 0 Å². The SMILES string of the molecule is CCCc1cc2ccc(C(F)(F)F)cc2n1S(=O)(=O)c1ccc(C)cc1. The molecule has 0 aliphatic carbocycles. The summed E-state index contributed by atoms with van der Waals surface area (Å²) >= 11 is 0. The van der Waals surface area contributed by atoms with Crippen LogP contribution >= 0.6 is 0 Å². The van der Waals surface area contributed by atoms with E-state index in [1.54, 1.807) is 18.2 Å². The van der Waals surface area contributed by atoms with Gasteiger partial charge in [-0.05, 0) is 43.7 Å². The first-order valence-corrected chi connectivity index (χ1v) is 9.62. The minimum absolute atomic E-state index is 0.0452. The Morgan fingerprint density at radius 2 is 1.65 bits per heavy atom. The summed E-state index contributed by atoms with van der Waals surface area (Å²) in [5, 5.41) is 0.470. The van der Waals surface area contributed by atoms with E-state index in [1.165, 1.54) is 18.2 Å². The number of rotatable bonds is 4. The van der Waals surface area contributed by atoms with Crippen LogP contribution in [-0.2, 0) is 22.6 Å². The highest BCUT2D eigenvalue weighted by Gasteiger charge is 2.32. The van der Waals surface area contributed by atoms with Crippen molar-refractivity contribution in [1.29, 1.82) is 0 Å². The molecule has 3 rings (SSSR count). The molecule has 0 fully saturated rings. The van der Waals surface area contributed by atoms with Gasteiger partial charge in [-0.15, -0.1) is 0 Å². The molecule has 3 aromatic rings. The van der Waals surface area contributed by atoms with Crippen LogP contribution in [0.15, 0.2) is 53.4 Å². The first kappa shape index (κ1) is 18.5. The standard InChI is InChI=1S/C19H18F3NO2S/c1-3-4-16-11-14-7-8-15(19(20,21)22)12-18(14)23(16)26(24,25)17-9-5-13(2)6-10-17/h5-12H,3-4H2,1-2H3. The first-order valence-electron chi connectivity index (χ1n) is 8.18. The van der Waals surface area contributed by atoms with Crippen LogP contribution in [0.4, 0.5) is 13.2 Å². The van der Waals surface area contributed by atoms with Crippen LogP contribution in [0.25, 0.3) is 10.9 Å². The lowest BCUT2D eigenvalue weighted by molar-refractivity contribution is -0.137. The molecule has 1 aromatic heterocycles. The van der Waals surface area contributed by atoms with E-state index < -0.39 is 21.8 Å². The van der Waals surface area contributed by atoms with Crippen molar-refractivity contribution in [2.24, 2.45) is 0 Å². The Morgan fingerprint density at radius 1 is 1.00 bits per heavy atom. The zero-order valence-corrected chi connectivity index (χ0v) is 15.2.